The van der Waals surface area contributed by atoms with Gasteiger partial charge in [0, 0.05) is 6.07 Å². The van der Waals surface area contributed by atoms with Gasteiger partial charge in [-0.1, -0.05) is 66.7 Å². The van der Waals surface area contributed by atoms with Gasteiger partial charge in [-0.15, -0.1) is 0 Å². The highest BCUT2D eigenvalue weighted by Crippen LogP contribution is 2.37. The maximum Gasteiger partial charge on any atom is 0.177 e. The Bertz CT molecular complexity index is 1300. The molecule has 1 heterocycles. The molecule has 0 N–H and O–H groups in total. The molecular weight excluding hydrogens is 314 g/mol. The van der Waals surface area contributed by atoms with Crippen molar-refractivity contribution in [3.63, 3.8) is 0 Å². The summed E-state index contributed by atoms with van der Waals surface area (Å²) >= 11 is 0. The second-order valence-corrected chi connectivity index (χ2v) is 7.06. The zero-order chi connectivity index (χ0) is 17.7. The van der Waals surface area contributed by atoms with E-state index in [9.17, 15) is 0 Å². The Morgan fingerprint density at radius 1 is 0.615 bits per heavy atom. The predicted molar refractivity (Wildman–Crippen MR) is 110 cm³/mol. The Morgan fingerprint density at radius 3 is 2.12 bits per heavy atom. The van der Waals surface area contributed by atoms with E-state index in [4.69, 9.17) is 0 Å². The first-order valence-corrected chi connectivity index (χ1v) is 9.02. The van der Waals surface area contributed by atoms with Crippen LogP contribution in [0.3, 0.4) is 0 Å². The number of pyridine rings is 1. The second kappa shape index (κ2) is 5.67. The molecule has 0 aliphatic rings. The highest BCUT2D eigenvalue weighted by Gasteiger charge is 2.12. The number of aryl methyl sites for hydroxylation is 2. The first kappa shape index (κ1) is 15.1. The lowest BCUT2D eigenvalue weighted by Gasteiger charge is -2.13. The smallest absolute Gasteiger partial charge is 0.177 e. The van der Waals surface area contributed by atoms with E-state index in [1.165, 1.54) is 49.0 Å². The molecule has 0 aliphatic carbocycles. The van der Waals surface area contributed by atoms with Crippen LogP contribution in [0.25, 0.3) is 43.4 Å². The fourth-order valence-electron chi connectivity index (χ4n) is 4.10. The highest BCUT2D eigenvalue weighted by molar-refractivity contribution is 6.15. The van der Waals surface area contributed by atoms with Crippen LogP contribution in [-0.4, -0.2) is 0 Å². The standard InChI is InChI=1S/C25H20N/c1-17-15-24-21(20-9-4-3-8-19(17)20)11-6-12-22(24)23-10-5-7-18-13-14-26(2)16-25(18)23/h3-16H,1-2H3/q+1. The van der Waals surface area contributed by atoms with Crippen molar-refractivity contribution in [2.24, 2.45) is 7.05 Å². The summed E-state index contributed by atoms with van der Waals surface area (Å²) in [7, 11) is 2.08. The van der Waals surface area contributed by atoms with Crippen molar-refractivity contribution >= 4 is 32.3 Å². The van der Waals surface area contributed by atoms with Crippen LogP contribution in [0.5, 0.6) is 0 Å². The van der Waals surface area contributed by atoms with Gasteiger partial charge in [0.05, 0.1) is 5.39 Å². The summed E-state index contributed by atoms with van der Waals surface area (Å²) in [5, 5.41) is 7.87. The lowest BCUT2D eigenvalue weighted by molar-refractivity contribution is -0.670. The number of hydrogen-bond donors (Lipinski definition) is 0. The zero-order valence-corrected chi connectivity index (χ0v) is 15.0. The van der Waals surface area contributed by atoms with Crippen LogP contribution in [0.1, 0.15) is 5.56 Å². The first-order valence-electron chi connectivity index (χ1n) is 9.02. The van der Waals surface area contributed by atoms with E-state index in [1.807, 2.05) is 0 Å². The number of benzene rings is 4. The predicted octanol–water partition coefficient (Wildman–Crippen LogP) is 5.95. The number of hydrogen-bond acceptors (Lipinski definition) is 0. The van der Waals surface area contributed by atoms with Gasteiger partial charge in [-0.3, -0.25) is 0 Å². The Hall–Kier alpha value is -3.19. The van der Waals surface area contributed by atoms with Crippen LogP contribution in [-0.2, 0) is 7.05 Å². The van der Waals surface area contributed by atoms with E-state index >= 15 is 0 Å². The molecule has 1 nitrogen and oxygen atoms in total. The third-order valence-electron chi connectivity index (χ3n) is 5.36. The SMILES string of the molecule is Cc1cc2c(-c3cccc4cc[n+](C)cc34)cccc2c2ccccc12. The number of rotatable bonds is 1. The Kier molecular flexibility index (Phi) is 3.29. The van der Waals surface area contributed by atoms with Crippen LogP contribution in [0.2, 0.25) is 0 Å². The molecule has 0 radical (unpaired) electrons. The van der Waals surface area contributed by atoms with Gasteiger partial charge in [0.25, 0.3) is 0 Å². The molecule has 0 unspecified atom stereocenters. The maximum absolute atomic E-state index is 2.34. The summed E-state index contributed by atoms with van der Waals surface area (Å²) in [6.07, 6.45) is 4.32. The van der Waals surface area contributed by atoms with Crippen molar-refractivity contribution in [3.8, 4) is 11.1 Å². The van der Waals surface area contributed by atoms with Crippen LogP contribution in [0, 0.1) is 6.92 Å². The van der Waals surface area contributed by atoms with E-state index in [-0.39, 0.29) is 0 Å². The molecule has 0 saturated carbocycles. The Balaban J connectivity index is 1.93. The Labute approximate surface area is 153 Å². The van der Waals surface area contributed by atoms with Gasteiger partial charge in [0.1, 0.15) is 7.05 Å². The van der Waals surface area contributed by atoms with E-state index in [2.05, 4.69) is 104 Å². The molecule has 5 aromatic rings. The van der Waals surface area contributed by atoms with E-state index in [0.717, 1.165) is 0 Å². The minimum Gasteiger partial charge on any atom is -0.207 e. The summed E-state index contributed by atoms with van der Waals surface area (Å²) in [6.45, 7) is 2.21. The van der Waals surface area contributed by atoms with Crippen molar-refractivity contribution in [2.75, 3.05) is 0 Å². The van der Waals surface area contributed by atoms with Crippen molar-refractivity contribution in [1.29, 1.82) is 0 Å². The fraction of sp³-hybridized carbons (Fsp3) is 0.0800. The summed E-state index contributed by atoms with van der Waals surface area (Å²) in [5.74, 6) is 0. The van der Waals surface area contributed by atoms with Crippen molar-refractivity contribution in [1.82, 2.24) is 0 Å². The van der Waals surface area contributed by atoms with E-state index < -0.39 is 0 Å². The third-order valence-corrected chi connectivity index (χ3v) is 5.36. The fourth-order valence-corrected chi connectivity index (χ4v) is 4.10. The summed E-state index contributed by atoms with van der Waals surface area (Å²) in [4.78, 5) is 0. The third kappa shape index (κ3) is 2.21. The first-order chi connectivity index (χ1) is 12.7. The molecule has 1 heteroatoms. The van der Waals surface area contributed by atoms with Crippen molar-refractivity contribution in [3.05, 3.63) is 90.8 Å². The summed E-state index contributed by atoms with van der Waals surface area (Å²) < 4.78 is 2.12. The van der Waals surface area contributed by atoms with Crippen LogP contribution in [0.15, 0.2) is 85.2 Å². The number of nitrogens with zero attached hydrogens (tertiary/aromatic N) is 1. The molecule has 124 valence electrons. The lowest BCUT2D eigenvalue weighted by Crippen LogP contribution is -2.25. The summed E-state index contributed by atoms with van der Waals surface area (Å²) in [6, 6.07) is 26.5. The van der Waals surface area contributed by atoms with Crippen LogP contribution in [0.4, 0.5) is 0 Å². The van der Waals surface area contributed by atoms with Gasteiger partial charge < -0.3 is 0 Å². The molecule has 0 atom stereocenters. The van der Waals surface area contributed by atoms with E-state index in [0.29, 0.717) is 0 Å². The van der Waals surface area contributed by atoms with Gasteiger partial charge in [0.2, 0.25) is 0 Å². The van der Waals surface area contributed by atoms with Gasteiger partial charge >= 0.3 is 0 Å². The zero-order valence-electron chi connectivity index (χ0n) is 15.0. The van der Waals surface area contributed by atoms with Gasteiger partial charge in [0.15, 0.2) is 12.4 Å². The molecule has 5 rings (SSSR count). The molecule has 1 aromatic heterocycles. The van der Waals surface area contributed by atoms with Crippen molar-refractivity contribution in [2.45, 2.75) is 6.92 Å². The van der Waals surface area contributed by atoms with Gasteiger partial charge in [-0.25, -0.2) is 4.57 Å². The average molecular weight is 334 g/mol. The van der Waals surface area contributed by atoms with Crippen LogP contribution >= 0.6 is 0 Å². The normalized spacial score (nSPS) is 11.5. The molecule has 0 saturated heterocycles. The summed E-state index contributed by atoms with van der Waals surface area (Å²) in [5.41, 5.74) is 3.92. The topological polar surface area (TPSA) is 3.88 Å². The van der Waals surface area contributed by atoms with Crippen molar-refractivity contribution < 1.29 is 4.57 Å². The monoisotopic (exact) mass is 334 g/mol. The van der Waals surface area contributed by atoms with Gasteiger partial charge in [-0.2, -0.15) is 0 Å². The number of fused-ring (bicyclic) bond motifs is 4. The average Bonchev–Trinajstić information content (AvgIpc) is 2.67. The largest absolute Gasteiger partial charge is 0.207 e. The quantitative estimate of drug-likeness (QED) is 0.263. The molecule has 26 heavy (non-hydrogen) atoms. The van der Waals surface area contributed by atoms with E-state index in [1.54, 1.807) is 0 Å². The lowest BCUT2D eigenvalue weighted by atomic mass is 9.91. The molecular formula is C25H20N+. The minimum atomic E-state index is 1.27. The maximum atomic E-state index is 2.34. The molecule has 4 aromatic carbocycles. The second-order valence-electron chi connectivity index (χ2n) is 7.06. The molecule has 0 fully saturated rings. The highest BCUT2D eigenvalue weighted by atomic mass is 14.9. The minimum absolute atomic E-state index is 1.27. The molecule has 0 bridgehead atoms. The molecule has 0 amide bonds. The number of aromatic nitrogens is 1. The molecule has 0 spiro atoms. The van der Waals surface area contributed by atoms with Gasteiger partial charge in [-0.05, 0) is 50.5 Å². The van der Waals surface area contributed by atoms with Crippen LogP contribution < -0.4 is 4.57 Å². The Morgan fingerprint density at radius 2 is 1.27 bits per heavy atom. The molecule has 0 aliphatic heterocycles.